The number of hydrogen-bond donors (Lipinski definition) is 1. The van der Waals surface area contributed by atoms with Gasteiger partial charge < -0.3 is 9.84 Å². The maximum absolute atomic E-state index is 10.8. The number of hydrogen-bond acceptors (Lipinski definition) is 2. The highest BCUT2D eigenvalue weighted by Crippen LogP contribution is 2.44. The van der Waals surface area contributed by atoms with Gasteiger partial charge in [-0.3, -0.25) is 0 Å². The molecule has 0 amide bonds. The summed E-state index contributed by atoms with van der Waals surface area (Å²) in [5, 5.41) is 8.91. The molecule has 0 bridgehead atoms. The summed E-state index contributed by atoms with van der Waals surface area (Å²) in [6.07, 6.45) is 5.52. The monoisotopic (exact) mass is 218 g/mol. The summed E-state index contributed by atoms with van der Waals surface area (Å²) >= 11 is 0. The minimum absolute atomic E-state index is 0.0811. The van der Waals surface area contributed by atoms with Crippen molar-refractivity contribution in [3.63, 3.8) is 0 Å². The van der Waals surface area contributed by atoms with E-state index in [2.05, 4.69) is 0 Å². The minimum atomic E-state index is -0.869. The van der Waals surface area contributed by atoms with Gasteiger partial charge >= 0.3 is 5.97 Å². The number of aromatic carboxylic acids is 1. The number of rotatable bonds is 1. The molecule has 2 aliphatic rings. The molecule has 1 N–H and O–H groups in total. The van der Waals surface area contributed by atoms with Crippen LogP contribution in [0.4, 0.5) is 0 Å². The SMILES string of the molecule is O=C(O)c1ccc2c(c1)CCC1(CCC1)O2. The van der Waals surface area contributed by atoms with E-state index in [0.717, 1.165) is 37.0 Å². The van der Waals surface area contributed by atoms with Crippen LogP contribution in [0.2, 0.25) is 0 Å². The zero-order valence-electron chi connectivity index (χ0n) is 9.03. The Morgan fingerprint density at radius 3 is 2.75 bits per heavy atom. The summed E-state index contributed by atoms with van der Waals surface area (Å²) < 4.78 is 6.00. The van der Waals surface area contributed by atoms with Gasteiger partial charge in [-0.15, -0.1) is 0 Å². The third kappa shape index (κ3) is 1.39. The third-order valence-corrected chi connectivity index (χ3v) is 3.75. The van der Waals surface area contributed by atoms with E-state index in [0.29, 0.717) is 5.56 Å². The van der Waals surface area contributed by atoms with Gasteiger partial charge in [0.1, 0.15) is 11.4 Å². The highest BCUT2D eigenvalue weighted by molar-refractivity contribution is 5.88. The Morgan fingerprint density at radius 2 is 2.12 bits per heavy atom. The largest absolute Gasteiger partial charge is 0.487 e. The quantitative estimate of drug-likeness (QED) is 0.788. The van der Waals surface area contributed by atoms with E-state index in [4.69, 9.17) is 9.84 Å². The van der Waals surface area contributed by atoms with Crippen LogP contribution in [0.1, 0.15) is 41.6 Å². The van der Waals surface area contributed by atoms with Gasteiger partial charge in [0, 0.05) is 0 Å². The molecule has 0 aromatic heterocycles. The van der Waals surface area contributed by atoms with E-state index in [1.54, 1.807) is 18.2 Å². The first-order valence-electron chi connectivity index (χ1n) is 5.74. The van der Waals surface area contributed by atoms with Gasteiger partial charge in [-0.05, 0) is 55.9 Å². The van der Waals surface area contributed by atoms with E-state index in [9.17, 15) is 4.79 Å². The van der Waals surface area contributed by atoms with Crippen LogP contribution in [-0.2, 0) is 6.42 Å². The summed E-state index contributed by atoms with van der Waals surface area (Å²) in [6, 6.07) is 5.17. The van der Waals surface area contributed by atoms with Crippen molar-refractivity contribution in [2.24, 2.45) is 0 Å². The smallest absolute Gasteiger partial charge is 0.335 e. The Kier molecular flexibility index (Phi) is 1.96. The molecule has 1 saturated carbocycles. The van der Waals surface area contributed by atoms with Crippen LogP contribution >= 0.6 is 0 Å². The van der Waals surface area contributed by atoms with Gasteiger partial charge in [-0.1, -0.05) is 0 Å². The van der Waals surface area contributed by atoms with Crippen LogP contribution < -0.4 is 4.74 Å². The lowest BCUT2D eigenvalue weighted by atomic mass is 9.74. The van der Waals surface area contributed by atoms with Crippen molar-refractivity contribution in [2.45, 2.75) is 37.7 Å². The average Bonchev–Trinajstić information content (AvgIpc) is 2.25. The molecule has 0 unspecified atom stereocenters. The van der Waals surface area contributed by atoms with Gasteiger partial charge in [-0.25, -0.2) is 4.79 Å². The standard InChI is InChI=1S/C13H14O3/c14-12(15)10-2-3-11-9(8-10)4-7-13(16-11)5-1-6-13/h2-3,8H,1,4-7H2,(H,14,15). The lowest BCUT2D eigenvalue weighted by Crippen LogP contribution is -2.45. The molecule has 84 valence electrons. The molecule has 16 heavy (non-hydrogen) atoms. The van der Waals surface area contributed by atoms with Crippen molar-refractivity contribution in [2.75, 3.05) is 0 Å². The first kappa shape index (κ1) is 9.70. The Morgan fingerprint density at radius 1 is 1.31 bits per heavy atom. The Balaban J connectivity index is 1.92. The lowest BCUT2D eigenvalue weighted by Gasteiger charge is -2.45. The normalized spacial score (nSPS) is 20.8. The van der Waals surface area contributed by atoms with E-state index in [1.807, 2.05) is 0 Å². The maximum Gasteiger partial charge on any atom is 0.335 e. The van der Waals surface area contributed by atoms with E-state index >= 15 is 0 Å². The fraction of sp³-hybridized carbons (Fsp3) is 0.462. The number of carboxylic acids is 1. The molecule has 3 heteroatoms. The van der Waals surface area contributed by atoms with Crippen LogP contribution in [0.5, 0.6) is 5.75 Å². The summed E-state index contributed by atoms with van der Waals surface area (Å²) in [4.78, 5) is 10.8. The van der Waals surface area contributed by atoms with Crippen LogP contribution in [0, 0.1) is 0 Å². The van der Waals surface area contributed by atoms with E-state index in [1.165, 1.54) is 6.42 Å². The molecule has 1 aromatic carbocycles. The number of benzene rings is 1. The van der Waals surface area contributed by atoms with Gasteiger partial charge in [0.15, 0.2) is 0 Å². The molecular weight excluding hydrogens is 204 g/mol. The average molecular weight is 218 g/mol. The number of carboxylic acid groups (broad SMARTS) is 1. The fourth-order valence-electron chi connectivity index (χ4n) is 2.58. The number of aryl methyl sites for hydroxylation is 1. The zero-order valence-corrected chi connectivity index (χ0v) is 9.03. The Bertz CT molecular complexity index is 446. The molecule has 0 saturated heterocycles. The highest BCUT2D eigenvalue weighted by Gasteiger charge is 2.41. The molecule has 1 heterocycles. The van der Waals surface area contributed by atoms with Gasteiger partial charge in [0.05, 0.1) is 5.56 Å². The molecule has 1 spiro atoms. The summed E-state index contributed by atoms with van der Waals surface area (Å²) in [7, 11) is 0. The van der Waals surface area contributed by atoms with E-state index < -0.39 is 5.97 Å². The second-order valence-electron chi connectivity index (χ2n) is 4.77. The van der Waals surface area contributed by atoms with Gasteiger partial charge in [0.25, 0.3) is 0 Å². The molecule has 1 aromatic rings. The lowest BCUT2D eigenvalue weighted by molar-refractivity contribution is -0.0249. The van der Waals surface area contributed by atoms with Crippen LogP contribution in [0.3, 0.4) is 0 Å². The topological polar surface area (TPSA) is 46.5 Å². The van der Waals surface area contributed by atoms with Crippen LogP contribution in [0.15, 0.2) is 18.2 Å². The van der Waals surface area contributed by atoms with Crippen LogP contribution in [-0.4, -0.2) is 16.7 Å². The van der Waals surface area contributed by atoms with Gasteiger partial charge in [0.2, 0.25) is 0 Å². The molecule has 3 nitrogen and oxygen atoms in total. The van der Waals surface area contributed by atoms with Crippen molar-refractivity contribution >= 4 is 5.97 Å². The molecule has 1 aliphatic heterocycles. The third-order valence-electron chi connectivity index (χ3n) is 3.75. The molecule has 1 aliphatic carbocycles. The number of carbonyl (C=O) groups is 1. The first-order valence-corrected chi connectivity index (χ1v) is 5.74. The molecular formula is C13H14O3. The molecule has 0 radical (unpaired) electrons. The molecule has 0 atom stereocenters. The predicted octanol–water partition coefficient (Wildman–Crippen LogP) is 2.63. The molecule has 3 rings (SSSR count). The van der Waals surface area contributed by atoms with Crippen molar-refractivity contribution in [3.8, 4) is 5.75 Å². The van der Waals surface area contributed by atoms with Crippen LogP contribution in [0.25, 0.3) is 0 Å². The highest BCUT2D eigenvalue weighted by atomic mass is 16.5. The second kappa shape index (κ2) is 3.24. The minimum Gasteiger partial charge on any atom is -0.487 e. The first-order chi connectivity index (χ1) is 7.69. The van der Waals surface area contributed by atoms with Crippen molar-refractivity contribution in [1.82, 2.24) is 0 Å². The predicted molar refractivity (Wildman–Crippen MR) is 58.9 cm³/mol. The number of ether oxygens (including phenoxy) is 1. The molecule has 1 fully saturated rings. The Labute approximate surface area is 94.0 Å². The summed E-state index contributed by atoms with van der Waals surface area (Å²) in [6.45, 7) is 0. The van der Waals surface area contributed by atoms with Gasteiger partial charge in [-0.2, -0.15) is 0 Å². The maximum atomic E-state index is 10.8. The second-order valence-corrected chi connectivity index (χ2v) is 4.77. The fourth-order valence-corrected chi connectivity index (χ4v) is 2.58. The summed E-state index contributed by atoms with van der Waals surface area (Å²) in [5.41, 5.74) is 1.47. The number of fused-ring (bicyclic) bond motifs is 1. The van der Waals surface area contributed by atoms with E-state index in [-0.39, 0.29) is 5.60 Å². The summed E-state index contributed by atoms with van der Waals surface area (Å²) in [5.74, 6) is 0.0164. The zero-order chi connectivity index (χ0) is 11.2. The van der Waals surface area contributed by atoms with Crippen molar-refractivity contribution in [3.05, 3.63) is 29.3 Å². The Hall–Kier alpha value is -1.51. The van der Waals surface area contributed by atoms with Crippen molar-refractivity contribution in [1.29, 1.82) is 0 Å². The van der Waals surface area contributed by atoms with Crippen molar-refractivity contribution < 1.29 is 14.6 Å².